The fraction of sp³-hybridized carbons (Fsp3) is 0.333. The van der Waals surface area contributed by atoms with Crippen molar-refractivity contribution in [1.82, 2.24) is 5.06 Å². The molecule has 0 N–H and O–H groups in total. The van der Waals surface area contributed by atoms with E-state index in [1.807, 2.05) is 38.6 Å². The minimum absolute atomic E-state index is 0.108. The van der Waals surface area contributed by atoms with Gasteiger partial charge in [0.2, 0.25) is 0 Å². The Morgan fingerprint density at radius 3 is 1.84 bits per heavy atom. The van der Waals surface area contributed by atoms with E-state index in [9.17, 15) is 39.6 Å². The van der Waals surface area contributed by atoms with Crippen molar-refractivity contribution in [2.24, 2.45) is 0 Å². The third kappa shape index (κ3) is 13.2. The normalized spacial score (nSPS) is 15.5. The molecule has 2 aromatic rings. The van der Waals surface area contributed by atoms with Crippen LogP contribution in [0.1, 0.15) is 43.2 Å². The number of rotatable bonds is 9. The molecule has 1 aliphatic heterocycles. The van der Waals surface area contributed by atoms with Gasteiger partial charge in [0.1, 0.15) is 6.54 Å². The van der Waals surface area contributed by atoms with E-state index in [1.165, 1.54) is 5.69 Å². The molecule has 38 heavy (non-hydrogen) atoms. The number of carbonyl (C=O) groups is 3. The quantitative estimate of drug-likeness (QED) is 0.116. The summed E-state index contributed by atoms with van der Waals surface area (Å²) in [4.78, 5) is 41.6. The van der Waals surface area contributed by atoms with Gasteiger partial charge in [-0.2, -0.15) is 0 Å². The SMILES string of the molecule is CN(C)c1ccc(/C=C/c2cc[n+](CCCCC(=O)ON3C(=O)CCC3=O)cc2)cc1.F[P-](F)(F)(F)(F)F. The third-order valence-electron chi connectivity index (χ3n) is 5.04. The minimum atomic E-state index is -10.7. The summed E-state index contributed by atoms with van der Waals surface area (Å²) in [5.41, 5.74) is 3.42. The van der Waals surface area contributed by atoms with E-state index in [2.05, 4.69) is 45.9 Å². The van der Waals surface area contributed by atoms with Crippen LogP contribution in [0.25, 0.3) is 12.2 Å². The Morgan fingerprint density at radius 1 is 0.895 bits per heavy atom. The van der Waals surface area contributed by atoms with Crippen molar-refractivity contribution in [2.75, 3.05) is 19.0 Å². The second kappa shape index (κ2) is 11.5. The Bertz CT molecular complexity index is 1140. The number of aromatic nitrogens is 1. The van der Waals surface area contributed by atoms with Crippen LogP contribution in [-0.4, -0.2) is 36.9 Å². The predicted molar refractivity (Wildman–Crippen MR) is 131 cm³/mol. The Hall–Kier alpha value is -3.47. The number of amides is 2. The number of hydroxylamine groups is 2. The van der Waals surface area contributed by atoms with Gasteiger partial charge in [-0.3, -0.25) is 9.59 Å². The second-order valence-corrected chi connectivity index (χ2v) is 10.6. The molecule has 14 heteroatoms. The molecule has 3 rings (SSSR count). The zero-order valence-corrected chi connectivity index (χ0v) is 21.6. The van der Waals surface area contributed by atoms with Crippen LogP contribution in [0.5, 0.6) is 0 Å². The number of hydrogen-bond acceptors (Lipinski definition) is 5. The van der Waals surface area contributed by atoms with Gasteiger partial charge in [0.05, 0.1) is 0 Å². The first-order valence-corrected chi connectivity index (χ1v) is 13.5. The van der Waals surface area contributed by atoms with Gasteiger partial charge in [-0.05, 0) is 29.7 Å². The van der Waals surface area contributed by atoms with Crippen molar-refractivity contribution < 1.29 is 49.0 Å². The molecular weight excluding hydrogens is 539 g/mol. The summed E-state index contributed by atoms with van der Waals surface area (Å²) in [6, 6.07) is 12.5. The van der Waals surface area contributed by atoms with E-state index >= 15 is 0 Å². The van der Waals surface area contributed by atoms with E-state index in [-0.39, 0.29) is 19.3 Å². The van der Waals surface area contributed by atoms with Crippen LogP contribution >= 0.6 is 7.81 Å². The van der Waals surface area contributed by atoms with Gasteiger partial charge in [-0.15, -0.1) is 5.06 Å². The molecule has 0 unspecified atom stereocenters. The Morgan fingerprint density at radius 2 is 1.37 bits per heavy atom. The van der Waals surface area contributed by atoms with Crippen molar-refractivity contribution in [2.45, 2.75) is 38.6 Å². The number of imide groups is 1. The molecule has 1 aromatic carbocycles. The number of unbranched alkanes of at least 4 members (excludes halogenated alkanes) is 1. The molecule has 0 saturated carbocycles. The number of anilines is 1. The summed E-state index contributed by atoms with van der Waals surface area (Å²) < 4.78 is 61.3. The van der Waals surface area contributed by atoms with Crippen molar-refractivity contribution in [3.05, 3.63) is 59.9 Å². The molecule has 7 nitrogen and oxygen atoms in total. The molecule has 1 aromatic heterocycles. The van der Waals surface area contributed by atoms with E-state index in [4.69, 9.17) is 4.84 Å². The number of halogens is 6. The molecule has 1 aliphatic rings. The average Bonchev–Trinajstić information content (AvgIpc) is 3.11. The van der Waals surface area contributed by atoms with Gasteiger partial charge in [-0.1, -0.05) is 24.3 Å². The van der Waals surface area contributed by atoms with Crippen LogP contribution < -0.4 is 9.47 Å². The molecule has 1 fully saturated rings. The Balaban J connectivity index is 0.000000638. The number of pyridine rings is 1. The molecule has 210 valence electrons. The summed E-state index contributed by atoms with van der Waals surface area (Å²) in [6.07, 6.45) is 9.97. The molecule has 2 amide bonds. The van der Waals surface area contributed by atoms with Crippen molar-refractivity contribution in [3.63, 3.8) is 0 Å². The average molecular weight is 567 g/mol. The van der Waals surface area contributed by atoms with Crippen molar-refractivity contribution in [3.8, 4) is 0 Å². The number of aryl methyl sites for hydroxylation is 1. The van der Waals surface area contributed by atoms with Gasteiger partial charge in [0.15, 0.2) is 12.4 Å². The van der Waals surface area contributed by atoms with E-state index in [1.54, 1.807) is 0 Å². The number of carbonyl (C=O) groups excluding carboxylic acids is 3. The molecule has 0 radical (unpaired) electrons. The summed E-state index contributed by atoms with van der Waals surface area (Å²) in [7, 11) is -6.61. The first kappa shape index (κ1) is 30.8. The Kier molecular flexibility index (Phi) is 9.31. The third-order valence-corrected chi connectivity index (χ3v) is 5.04. The van der Waals surface area contributed by atoms with E-state index in [0.717, 1.165) is 24.1 Å². The first-order valence-electron chi connectivity index (χ1n) is 11.4. The fourth-order valence-corrected chi connectivity index (χ4v) is 3.17. The standard InChI is InChI=1S/C24H28N3O4.F6P/c1-25(2)21-10-8-19(9-11-21)6-7-20-14-17-26(18-15-20)16-4-3-5-24(30)31-27-22(28)12-13-23(27)29;1-7(2,3,4,5)6/h6-11,14-15,17-18H,3-5,12-13,16H2,1-2H3;/q+1;-1. The van der Waals surface area contributed by atoms with Crippen LogP contribution in [-0.2, 0) is 25.8 Å². The second-order valence-electron chi connectivity index (χ2n) is 8.65. The zero-order chi connectivity index (χ0) is 28.6. The molecule has 0 bridgehead atoms. The van der Waals surface area contributed by atoms with E-state index < -0.39 is 25.6 Å². The summed E-state index contributed by atoms with van der Waals surface area (Å²) in [5, 5.41) is 0.597. The van der Waals surface area contributed by atoms with Gasteiger partial charge < -0.3 is 9.74 Å². The van der Waals surface area contributed by atoms with Crippen molar-refractivity contribution >= 4 is 43.4 Å². The van der Waals surface area contributed by atoms with Crippen molar-refractivity contribution in [1.29, 1.82) is 0 Å². The van der Waals surface area contributed by atoms with Crippen LogP contribution in [0.2, 0.25) is 0 Å². The number of benzene rings is 1. The summed E-state index contributed by atoms with van der Waals surface area (Å²) in [5.74, 6) is -1.45. The zero-order valence-electron chi connectivity index (χ0n) is 20.7. The monoisotopic (exact) mass is 567 g/mol. The van der Waals surface area contributed by atoms with E-state index in [0.29, 0.717) is 11.5 Å². The molecule has 0 spiro atoms. The number of nitrogens with zero attached hydrogens (tertiary/aromatic N) is 3. The van der Waals surface area contributed by atoms with Crippen LogP contribution in [0, 0.1) is 0 Å². The topological polar surface area (TPSA) is 70.8 Å². The van der Waals surface area contributed by atoms with Gasteiger partial charge in [-0.25, -0.2) is 9.36 Å². The maximum atomic E-state index is 11.8. The summed E-state index contributed by atoms with van der Waals surface area (Å²) >= 11 is 0. The molecule has 0 atom stereocenters. The predicted octanol–water partition coefficient (Wildman–Crippen LogP) is 6.37. The summed E-state index contributed by atoms with van der Waals surface area (Å²) in [6.45, 7) is 0.769. The molecule has 1 saturated heterocycles. The maximum absolute atomic E-state index is 11.8. The van der Waals surface area contributed by atoms with Crippen LogP contribution in [0.15, 0.2) is 48.8 Å². The van der Waals surface area contributed by atoms with Gasteiger partial charge >= 0.3 is 39.0 Å². The van der Waals surface area contributed by atoms with Crippen LogP contribution in [0.3, 0.4) is 0 Å². The first-order chi connectivity index (χ1) is 17.4. The Labute approximate surface area is 215 Å². The van der Waals surface area contributed by atoms with Crippen LogP contribution in [0.4, 0.5) is 30.9 Å². The number of hydrogen-bond donors (Lipinski definition) is 0. The molecular formula is C24H28F6N3O4P. The fourth-order valence-electron chi connectivity index (χ4n) is 3.17. The molecule has 2 heterocycles. The molecule has 0 aliphatic carbocycles. The van der Waals surface area contributed by atoms with Gasteiger partial charge in [0.25, 0.3) is 11.8 Å². The van der Waals surface area contributed by atoms with Gasteiger partial charge in [0, 0.05) is 57.6 Å².